The Bertz CT molecular complexity index is 876. The van der Waals surface area contributed by atoms with Gasteiger partial charge in [-0.1, -0.05) is 92.9 Å². The molecule has 0 fully saturated rings. The molecule has 10 nitrogen and oxygen atoms in total. The SMILES string of the molecule is CCCCCOC(C)(C)C(COOC(OCCCCC)(OC(C)(C)C)C(C)(C)C(OCCC)(OCCCC)OC(C)C)(OCCCC)OCCCCC. The zero-order valence-corrected chi connectivity index (χ0v) is 37.5. The van der Waals surface area contributed by atoms with E-state index >= 15 is 0 Å². The van der Waals surface area contributed by atoms with E-state index in [-0.39, 0.29) is 12.7 Å². The standard InChI is InChI=1S/C43H88O10/c1-16-22-27-33-44-40(14,15)41(45-31-25-19-4,46-34-28-23-17-2)36-50-53-43(52-38(9,10)11,49-35-29-24-18-3)39(12,13)42(47-30-21-6,51-37(7)8)48-32-26-20-5/h37H,16-36H2,1-15H3. The molecule has 0 aromatic heterocycles. The van der Waals surface area contributed by atoms with Crippen molar-refractivity contribution in [2.45, 2.75) is 229 Å². The first kappa shape index (κ1) is 52.6. The lowest BCUT2D eigenvalue weighted by Gasteiger charge is -2.54. The van der Waals surface area contributed by atoms with Crippen molar-refractivity contribution >= 4 is 0 Å². The summed E-state index contributed by atoms with van der Waals surface area (Å²) in [7, 11) is 0. The molecule has 0 aliphatic heterocycles. The summed E-state index contributed by atoms with van der Waals surface area (Å²) in [6.45, 7) is 33.1. The molecule has 0 aliphatic rings. The van der Waals surface area contributed by atoms with Crippen LogP contribution in [0.4, 0.5) is 0 Å². The minimum absolute atomic E-state index is 0.113. The molecule has 0 aliphatic carbocycles. The lowest BCUT2D eigenvalue weighted by molar-refractivity contribution is -0.594. The van der Waals surface area contributed by atoms with Gasteiger partial charge in [-0.3, -0.25) is 0 Å². The molecule has 0 heterocycles. The number of ether oxygens (including phenoxy) is 8. The van der Waals surface area contributed by atoms with Crippen LogP contribution in [0.25, 0.3) is 0 Å². The molecule has 0 rings (SSSR count). The predicted molar refractivity (Wildman–Crippen MR) is 215 cm³/mol. The number of unbranched alkanes of at least 4 members (excludes halogenated alkanes) is 8. The monoisotopic (exact) mass is 765 g/mol. The molecule has 0 bridgehead atoms. The normalized spacial score (nSPS) is 16.5. The van der Waals surface area contributed by atoms with Gasteiger partial charge in [-0.05, 0) is 101 Å². The van der Waals surface area contributed by atoms with Gasteiger partial charge in [0, 0.05) is 6.61 Å². The minimum Gasteiger partial charge on any atom is -0.370 e. The van der Waals surface area contributed by atoms with Crippen molar-refractivity contribution in [2.75, 3.05) is 46.2 Å². The number of hydrogen-bond donors (Lipinski definition) is 0. The van der Waals surface area contributed by atoms with Crippen LogP contribution in [0.2, 0.25) is 0 Å². The third kappa shape index (κ3) is 18.2. The molecule has 320 valence electrons. The van der Waals surface area contributed by atoms with E-state index in [1.165, 1.54) is 0 Å². The first-order chi connectivity index (χ1) is 24.9. The average Bonchev–Trinajstić information content (AvgIpc) is 3.08. The molecule has 0 amide bonds. The maximum Gasteiger partial charge on any atom is 0.325 e. The maximum absolute atomic E-state index is 6.93. The van der Waals surface area contributed by atoms with Crippen LogP contribution in [0.3, 0.4) is 0 Å². The highest BCUT2D eigenvalue weighted by Crippen LogP contribution is 2.51. The van der Waals surface area contributed by atoms with Crippen LogP contribution >= 0.6 is 0 Å². The summed E-state index contributed by atoms with van der Waals surface area (Å²) in [5.41, 5.74) is -2.92. The van der Waals surface area contributed by atoms with Gasteiger partial charge in [-0.15, -0.1) is 0 Å². The molecule has 10 heteroatoms. The van der Waals surface area contributed by atoms with Crippen molar-refractivity contribution in [3.05, 3.63) is 0 Å². The van der Waals surface area contributed by atoms with Crippen LogP contribution in [0.15, 0.2) is 0 Å². The topological polar surface area (TPSA) is 92.3 Å². The number of hydrogen-bond acceptors (Lipinski definition) is 10. The molecule has 0 spiro atoms. The molecule has 0 aromatic carbocycles. The van der Waals surface area contributed by atoms with Crippen LogP contribution in [-0.4, -0.2) is 81.3 Å². The van der Waals surface area contributed by atoms with Gasteiger partial charge in [0.1, 0.15) is 17.6 Å². The van der Waals surface area contributed by atoms with Gasteiger partial charge in [-0.2, -0.15) is 4.89 Å². The molecule has 0 saturated carbocycles. The fraction of sp³-hybridized carbons (Fsp3) is 1.00. The second-order valence-corrected chi connectivity index (χ2v) is 16.6. The number of rotatable bonds is 36. The third-order valence-electron chi connectivity index (χ3n) is 9.15. The largest absolute Gasteiger partial charge is 0.370 e. The van der Waals surface area contributed by atoms with Gasteiger partial charge >= 0.3 is 5.97 Å². The molecule has 3 atom stereocenters. The Balaban J connectivity index is 7.42. The zero-order chi connectivity index (χ0) is 40.5. The summed E-state index contributed by atoms with van der Waals surface area (Å²) in [5, 5.41) is 0. The van der Waals surface area contributed by atoms with E-state index in [1.807, 2.05) is 62.3 Å². The Hall–Kier alpha value is -0.400. The zero-order valence-electron chi connectivity index (χ0n) is 37.5. The molecule has 0 aromatic rings. The Labute approximate surface area is 327 Å². The molecule has 0 radical (unpaired) electrons. The van der Waals surface area contributed by atoms with E-state index in [9.17, 15) is 0 Å². The second kappa shape index (κ2) is 27.3. The highest BCUT2D eigenvalue weighted by atomic mass is 17.3. The van der Waals surface area contributed by atoms with Crippen molar-refractivity contribution in [3.8, 4) is 0 Å². The van der Waals surface area contributed by atoms with E-state index in [0.29, 0.717) is 39.6 Å². The van der Waals surface area contributed by atoms with Gasteiger partial charge in [-0.25, -0.2) is 4.89 Å². The van der Waals surface area contributed by atoms with Crippen molar-refractivity contribution in [1.29, 1.82) is 0 Å². The minimum atomic E-state index is -1.88. The van der Waals surface area contributed by atoms with Gasteiger partial charge in [0.2, 0.25) is 5.79 Å². The Morgan fingerprint density at radius 1 is 0.434 bits per heavy atom. The lowest BCUT2D eigenvalue weighted by Crippen LogP contribution is -2.68. The Morgan fingerprint density at radius 3 is 1.30 bits per heavy atom. The highest BCUT2D eigenvalue weighted by Gasteiger charge is 2.67. The van der Waals surface area contributed by atoms with Gasteiger partial charge in [0.25, 0.3) is 5.97 Å². The van der Waals surface area contributed by atoms with Crippen LogP contribution in [0.5, 0.6) is 0 Å². The van der Waals surface area contributed by atoms with Crippen molar-refractivity contribution in [1.82, 2.24) is 0 Å². The van der Waals surface area contributed by atoms with Crippen LogP contribution in [0, 0.1) is 5.41 Å². The van der Waals surface area contributed by atoms with Gasteiger partial charge < -0.3 is 37.9 Å². The quantitative estimate of drug-likeness (QED) is 0.0266. The first-order valence-corrected chi connectivity index (χ1v) is 21.5. The summed E-state index contributed by atoms with van der Waals surface area (Å²) < 4.78 is 53.9. The van der Waals surface area contributed by atoms with Crippen molar-refractivity contribution in [2.24, 2.45) is 5.41 Å². The second-order valence-electron chi connectivity index (χ2n) is 16.6. The van der Waals surface area contributed by atoms with E-state index in [4.69, 9.17) is 47.7 Å². The van der Waals surface area contributed by atoms with Crippen molar-refractivity contribution < 1.29 is 47.7 Å². The highest BCUT2D eigenvalue weighted by molar-refractivity contribution is 4.93. The third-order valence-corrected chi connectivity index (χ3v) is 9.15. The molecule has 0 N–H and O–H groups in total. The fourth-order valence-corrected chi connectivity index (χ4v) is 5.74. The van der Waals surface area contributed by atoms with Crippen LogP contribution < -0.4 is 0 Å². The Kier molecular flexibility index (Phi) is 27.1. The lowest BCUT2D eigenvalue weighted by atomic mass is 9.85. The van der Waals surface area contributed by atoms with Crippen molar-refractivity contribution in [3.63, 3.8) is 0 Å². The molecular weight excluding hydrogens is 676 g/mol. The van der Waals surface area contributed by atoms with E-state index in [1.54, 1.807) is 0 Å². The van der Waals surface area contributed by atoms with Gasteiger partial charge in [0.15, 0.2) is 0 Å². The summed E-state index contributed by atoms with van der Waals surface area (Å²) in [6, 6.07) is 0. The fourth-order valence-electron chi connectivity index (χ4n) is 5.74. The van der Waals surface area contributed by atoms with Gasteiger partial charge in [0.05, 0.1) is 44.7 Å². The molecular formula is C43H88O10. The molecule has 0 saturated heterocycles. The van der Waals surface area contributed by atoms with E-state index < -0.39 is 34.4 Å². The van der Waals surface area contributed by atoms with E-state index in [0.717, 1.165) is 89.9 Å². The summed E-state index contributed by atoms with van der Waals surface area (Å²) >= 11 is 0. The summed E-state index contributed by atoms with van der Waals surface area (Å²) in [5.74, 6) is -4.81. The van der Waals surface area contributed by atoms with Crippen LogP contribution in [-0.2, 0) is 47.7 Å². The molecule has 3 unspecified atom stereocenters. The Morgan fingerprint density at radius 2 is 0.849 bits per heavy atom. The van der Waals surface area contributed by atoms with Crippen LogP contribution in [0.1, 0.15) is 194 Å². The predicted octanol–water partition coefficient (Wildman–Crippen LogP) is 11.7. The first-order valence-electron chi connectivity index (χ1n) is 21.5. The summed E-state index contributed by atoms with van der Waals surface area (Å²) in [4.78, 5) is 13.1. The van der Waals surface area contributed by atoms with E-state index in [2.05, 4.69) is 41.5 Å². The smallest absolute Gasteiger partial charge is 0.325 e. The molecule has 53 heavy (non-hydrogen) atoms. The maximum atomic E-state index is 6.93. The average molecular weight is 765 g/mol. The summed E-state index contributed by atoms with van der Waals surface area (Å²) in [6.07, 6.45) is 13.0.